The SMILES string of the molecule is CN(C)C=C1OC(=O)c2ccc(C3(C(=O)OC(C)(C)C)CCC3)cc21. The number of hydrogen-bond donors (Lipinski definition) is 0. The molecule has 1 heterocycles. The zero-order valence-electron chi connectivity index (χ0n) is 15.5. The molecule has 25 heavy (non-hydrogen) atoms. The van der Waals surface area contributed by atoms with E-state index >= 15 is 0 Å². The van der Waals surface area contributed by atoms with E-state index in [0.29, 0.717) is 11.3 Å². The Morgan fingerprint density at radius 2 is 1.92 bits per heavy atom. The molecule has 0 atom stereocenters. The first-order valence-electron chi connectivity index (χ1n) is 8.61. The van der Waals surface area contributed by atoms with Gasteiger partial charge >= 0.3 is 11.9 Å². The lowest BCUT2D eigenvalue weighted by atomic mass is 9.64. The lowest BCUT2D eigenvalue weighted by Gasteiger charge is -2.41. The molecular formula is C20H25NO4. The van der Waals surface area contributed by atoms with Gasteiger partial charge in [0.1, 0.15) is 5.60 Å². The molecule has 2 aliphatic rings. The van der Waals surface area contributed by atoms with Crippen molar-refractivity contribution < 1.29 is 19.1 Å². The highest BCUT2D eigenvalue weighted by Crippen LogP contribution is 2.47. The first-order valence-corrected chi connectivity index (χ1v) is 8.61. The summed E-state index contributed by atoms with van der Waals surface area (Å²) in [6.45, 7) is 5.64. The van der Waals surface area contributed by atoms with Crippen LogP contribution in [0.1, 0.15) is 61.5 Å². The molecule has 1 aliphatic carbocycles. The van der Waals surface area contributed by atoms with Crippen LogP contribution >= 0.6 is 0 Å². The molecule has 0 N–H and O–H groups in total. The average molecular weight is 343 g/mol. The maximum atomic E-state index is 12.8. The van der Waals surface area contributed by atoms with E-state index in [1.165, 1.54) is 0 Å². The summed E-state index contributed by atoms with van der Waals surface area (Å²) in [4.78, 5) is 26.7. The van der Waals surface area contributed by atoms with Gasteiger partial charge < -0.3 is 14.4 Å². The summed E-state index contributed by atoms with van der Waals surface area (Å²) in [7, 11) is 3.74. The van der Waals surface area contributed by atoms with Crippen molar-refractivity contribution >= 4 is 17.7 Å². The van der Waals surface area contributed by atoms with Gasteiger partial charge in [0.2, 0.25) is 0 Å². The molecule has 5 heteroatoms. The topological polar surface area (TPSA) is 55.8 Å². The lowest BCUT2D eigenvalue weighted by Crippen LogP contribution is -2.46. The molecule has 0 bridgehead atoms. The van der Waals surface area contributed by atoms with Crippen LogP contribution in [0.25, 0.3) is 5.76 Å². The summed E-state index contributed by atoms with van der Waals surface area (Å²) in [5.74, 6) is -0.0188. The Kier molecular flexibility index (Phi) is 4.13. The third kappa shape index (κ3) is 3.15. The van der Waals surface area contributed by atoms with Crippen molar-refractivity contribution in [1.82, 2.24) is 4.90 Å². The third-order valence-corrected chi connectivity index (χ3v) is 4.63. The third-order valence-electron chi connectivity index (χ3n) is 4.63. The van der Waals surface area contributed by atoms with E-state index in [1.807, 2.05) is 51.9 Å². The van der Waals surface area contributed by atoms with Crippen LogP contribution in [0.4, 0.5) is 0 Å². The van der Waals surface area contributed by atoms with Crippen LogP contribution in [0.2, 0.25) is 0 Å². The molecule has 0 amide bonds. The van der Waals surface area contributed by atoms with Crippen LogP contribution in [-0.2, 0) is 19.7 Å². The number of carbonyl (C=O) groups excluding carboxylic acids is 2. The van der Waals surface area contributed by atoms with Crippen molar-refractivity contribution in [2.45, 2.75) is 51.0 Å². The maximum absolute atomic E-state index is 12.8. The number of hydrogen-bond acceptors (Lipinski definition) is 5. The van der Waals surface area contributed by atoms with E-state index in [4.69, 9.17) is 9.47 Å². The van der Waals surface area contributed by atoms with Crippen molar-refractivity contribution in [3.8, 4) is 0 Å². The summed E-state index contributed by atoms with van der Waals surface area (Å²) in [6.07, 6.45) is 4.30. The fraction of sp³-hybridized carbons (Fsp3) is 0.500. The second-order valence-electron chi connectivity index (χ2n) is 8.04. The van der Waals surface area contributed by atoms with Crippen LogP contribution in [0.5, 0.6) is 0 Å². The van der Waals surface area contributed by atoms with E-state index in [2.05, 4.69) is 0 Å². The number of carbonyl (C=O) groups is 2. The van der Waals surface area contributed by atoms with Gasteiger partial charge in [0.25, 0.3) is 0 Å². The van der Waals surface area contributed by atoms with Crippen LogP contribution < -0.4 is 0 Å². The zero-order valence-corrected chi connectivity index (χ0v) is 15.5. The molecule has 3 rings (SSSR count). The average Bonchev–Trinajstić information content (AvgIpc) is 2.71. The Labute approximate surface area is 148 Å². The number of cyclic esters (lactones) is 1. The van der Waals surface area contributed by atoms with Gasteiger partial charge in [0.15, 0.2) is 5.76 Å². The van der Waals surface area contributed by atoms with Gasteiger partial charge in [-0.1, -0.05) is 12.5 Å². The number of rotatable bonds is 3. The van der Waals surface area contributed by atoms with E-state index in [9.17, 15) is 9.59 Å². The highest BCUT2D eigenvalue weighted by atomic mass is 16.6. The quantitative estimate of drug-likeness (QED) is 0.787. The predicted octanol–water partition coefficient (Wildman–Crippen LogP) is 3.48. The molecule has 1 saturated carbocycles. The van der Waals surface area contributed by atoms with Gasteiger partial charge in [-0.2, -0.15) is 0 Å². The molecule has 0 saturated heterocycles. The summed E-state index contributed by atoms with van der Waals surface area (Å²) >= 11 is 0. The maximum Gasteiger partial charge on any atom is 0.344 e. The lowest BCUT2D eigenvalue weighted by molar-refractivity contribution is -0.166. The Bertz CT molecular complexity index is 751. The van der Waals surface area contributed by atoms with E-state index in [1.54, 1.807) is 12.3 Å². The van der Waals surface area contributed by atoms with Crippen molar-refractivity contribution in [2.75, 3.05) is 14.1 Å². The zero-order chi connectivity index (χ0) is 18.4. The van der Waals surface area contributed by atoms with Gasteiger partial charge in [-0.25, -0.2) is 4.79 Å². The van der Waals surface area contributed by atoms with Crippen molar-refractivity contribution in [3.63, 3.8) is 0 Å². The molecule has 134 valence electrons. The number of ether oxygens (including phenoxy) is 2. The monoisotopic (exact) mass is 343 g/mol. The van der Waals surface area contributed by atoms with Crippen molar-refractivity contribution in [3.05, 3.63) is 41.1 Å². The standard InChI is InChI=1S/C20H25NO4/c1-19(2,3)25-18(23)20(9-6-10-20)13-7-8-14-15(11-13)16(12-21(4)5)24-17(14)22/h7-8,11-12H,6,9-10H2,1-5H3. The highest BCUT2D eigenvalue weighted by molar-refractivity contribution is 6.03. The van der Waals surface area contributed by atoms with Crippen LogP contribution in [0, 0.1) is 0 Å². The van der Waals surface area contributed by atoms with E-state index < -0.39 is 11.0 Å². The number of benzene rings is 1. The second-order valence-corrected chi connectivity index (χ2v) is 8.04. The van der Waals surface area contributed by atoms with Gasteiger partial charge in [0.05, 0.1) is 11.0 Å². The minimum atomic E-state index is -0.614. The van der Waals surface area contributed by atoms with Crippen LogP contribution in [0.15, 0.2) is 24.4 Å². The molecule has 0 spiro atoms. The summed E-state index contributed by atoms with van der Waals surface area (Å²) < 4.78 is 11.0. The van der Waals surface area contributed by atoms with E-state index in [-0.39, 0.29) is 11.9 Å². The molecular weight excluding hydrogens is 318 g/mol. The van der Waals surface area contributed by atoms with Crippen LogP contribution in [0.3, 0.4) is 0 Å². The summed E-state index contributed by atoms with van der Waals surface area (Å²) in [6, 6.07) is 5.54. The van der Waals surface area contributed by atoms with Crippen molar-refractivity contribution in [1.29, 1.82) is 0 Å². The van der Waals surface area contributed by atoms with Gasteiger partial charge in [0, 0.05) is 25.9 Å². The Balaban J connectivity index is 2.01. The number of esters is 2. The molecule has 0 unspecified atom stereocenters. The van der Waals surface area contributed by atoms with Gasteiger partial charge in [-0.05, 0) is 51.3 Å². The molecule has 5 nitrogen and oxygen atoms in total. The molecule has 0 radical (unpaired) electrons. The predicted molar refractivity (Wildman–Crippen MR) is 94.9 cm³/mol. The highest BCUT2D eigenvalue weighted by Gasteiger charge is 2.48. The Hall–Kier alpha value is -2.30. The number of nitrogens with zero attached hydrogens (tertiary/aromatic N) is 1. The Morgan fingerprint density at radius 1 is 1.24 bits per heavy atom. The first kappa shape index (κ1) is 17.5. The molecule has 1 aromatic rings. The minimum absolute atomic E-state index is 0.186. The normalized spacial score (nSPS) is 19.9. The van der Waals surface area contributed by atoms with E-state index in [0.717, 1.165) is 30.4 Å². The first-order chi connectivity index (χ1) is 11.6. The Morgan fingerprint density at radius 3 is 2.44 bits per heavy atom. The smallest absolute Gasteiger partial charge is 0.344 e. The summed E-state index contributed by atoms with van der Waals surface area (Å²) in [5.41, 5.74) is 1.04. The minimum Gasteiger partial charge on any atom is -0.459 e. The molecule has 1 aliphatic heterocycles. The molecule has 1 fully saturated rings. The second kappa shape index (κ2) is 5.90. The van der Waals surface area contributed by atoms with Gasteiger partial charge in [-0.3, -0.25) is 4.79 Å². The van der Waals surface area contributed by atoms with Crippen LogP contribution in [-0.4, -0.2) is 36.5 Å². The summed E-state index contributed by atoms with van der Waals surface area (Å²) in [5, 5.41) is 0. The number of fused-ring (bicyclic) bond motifs is 1. The molecule has 1 aromatic carbocycles. The fourth-order valence-electron chi connectivity index (χ4n) is 3.28. The molecule has 0 aromatic heterocycles. The van der Waals surface area contributed by atoms with Crippen molar-refractivity contribution in [2.24, 2.45) is 0 Å². The largest absolute Gasteiger partial charge is 0.459 e. The fourth-order valence-corrected chi connectivity index (χ4v) is 3.28. The van der Waals surface area contributed by atoms with Gasteiger partial charge in [-0.15, -0.1) is 0 Å².